The van der Waals surface area contributed by atoms with E-state index in [1.54, 1.807) is 62.7 Å². The highest BCUT2D eigenvalue weighted by Gasteiger charge is 2.27. The molecular weight excluding hydrogens is 865 g/mol. The fourth-order valence-corrected chi connectivity index (χ4v) is 6.73. The van der Waals surface area contributed by atoms with Gasteiger partial charge in [0.15, 0.2) is 57.8 Å². The number of aliphatic hydroxyl groups is 1. The van der Waals surface area contributed by atoms with Gasteiger partial charge in [-0.2, -0.15) is 59.6 Å². The number of carbonyl (C=O) groups is 3. The normalized spacial score (nSPS) is 11.9. The second kappa shape index (κ2) is 17.3. The maximum atomic E-state index is 12.6. The molecule has 0 unspecified atom stereocenters. The average molecular weight is 907 g/mol. The molecule has 0 amide bonds. The predicted molar refractivity (Wildman–Crippen MR) is 229 cm³/mol. The third-order valence-corrected chi connectivity index (χ3v) is 9.87. The van der Waals surface area contributed by atoms with E-state index in [2.05, 4.69) is 76.2 Å². The first-order valence-electron chi connectivity index (χ1n) is 19.3. The molecule has 7 heterocycles. The number of nitrogen functional groups attached to an aromatic ring is 3. The van der Waals surface area contributed by atoms with Crippen LogP contribution in [0.2, 0.25) is 0 Å². The molecule has 0 spiro atoms. The Balaban J connectivity index is 1.38. The first-order chi connectivity index (χ1) is 31.3. The number of ketones is 1. The Bertz CT molecular complexity index is 2860. The zero-order valence-corrected chi connectivity index (χ0v) is 37.3. The van der Waals surface area contributed by atoms with E-state index in [0.717, 1.165) is 14.0 Å². The van der Waals surface area contributed by atoms with Crippen molar-refractivity contribution >= 4 is 69.7 Å². The number of esters is 2. The van der Waals surface area contributed by atoms with Crippen molar-refractivity contribution in [3.63, 3.8) is 0 Å². The SMILES string of the molecule is COC(=O)c1c(C)nn(C)c1/N=N/c1c(C)nn(-c2nc(-n3nc(C)c(/N=N/c4c(C(=O)CO)c(C)nn4C)c3N)nc(-n3nc(C)c(/N=N/c4c(C(=O)OC)c(C)nn4C)c3N)n2)c1N. The molecule has 0 aliphatic rings. The van der Waals surface area contributed by atoms with Crippen molar-refractivity contribution in [3.8, 4) is 17.8 Å². The minimum Gasteiger partial charge on any atom is -0.465 e. The second-order valence-corrected chi connectivity index (χ2v) is 14.3. The van der Waals surface area contributed by atoms with Gasteiger partial charge < -0.3 is 31.8 Å². The number of nitrogens with two attached hydrogens (primary N) is 3. The molecule has 0 aliphatic heterocycles. The summed E-state index contributed by atoms with van der Waals surface area (Å²) in [5.74, 6) is -2.59. The van der Waals surface area contributed by atoms with Crippen LogP contribution in [0.1, 0.15) is 65.2 Å². The van der Waals surface area contributed by atoms with Gasteiger partial charge in [-0.25, -0.2) is 23.6 Å². The molecule has 0 aromatic carbocycles. The molecule has 0 aliphatic carbocycles. The molecule has 7 aromatic heterocycles. The number of ether oxygens (including phenoxy) is 2. The molecule has 7 N–H and O–H groups in total. The Kier molecular flexibility index (Phi) is 11.8. The first kappa shape index (κ1) is 45.1. The van der Waals surface area contributed by atoms with Crippen LogP contribution in [0.25, 0.3) is 17.8 Å². The smallest absolute Gasteiger partial charge is 0.343 e. The van der Waals surface area contributed by atoms with Crippen molar-refractivity contribution < 1.29 is 29.0 Å². The second-order valence-electron chi connectivity index (χ2n) is 14.3. The summed E-state index contributed by atoms with van der Waals surface area (Å²) in [7, 11) is 7.20. The van der Waals surface area contributed by atoms with E-state index in [4.69, 9.17) is 26.7 Å². The van der Waals surface area contributed by atoms with Crippen LogP contribution >= 0.6 is 0 Å². The fourth-order valence-electron chi connectivity index (χ4n) is 6.73. The lowest BCUT2D eigenvalue weighted by molar-refractivity contribution is 0.0591. The quantitative estimate of drug-likeness (QED) is 0.0733. The average Bonchev–Trinajstić information content (AvgIpc) is 4.07. The number of hydrogen-bond acceptors (Lipinski definition) is 24. The summed E-state index contributed by atoms with van der Waals surface area (Å²) in [4.78, 5) is 51.6. The largest absolute Gasteiger partial charge is 0.465 e. The number of azo groups is 3. The van der Waals surface area contributed by atoms with E-state index in [-0.39, 0.29) is 104 Å². The number of nitrogens with zero attached hydrogens (tertiary/aromatic N) is 21. The lowest BCUT2D eigenvalue weighted by Gasteiger charge is -2.10. The van der Waals surface area contributed by atoms with Gasteiger partial charge in [-0.1, -0.05) is 0 Å². The number of hydrogen-bond donors (Lipinski definition) is 4. The molecule has 0 radical (unpaired) electrons. The summed E-state index contributed by atoms with van der Waals surface area (Å²) < 4.78 is 17.3. The molecular formula is C36H42N24O6. The molecule has 30 nitrogen and oxygen atoms in total. The number of anilines is 3. The van der Waals surface area contributed by atoms with Gasteiger partial charge in [0.1, 0.15) is 17.7 Å². The van der Waals surface area contributed by atoms with Crippen molar-refractivity contribution in [3.05, 3.63) is 50.9 Å². The number of aromatic nitrogens is 15. The highest BCUT2D eigenvalue weighted by atomic mass is 16.5. The van der Waals surface area contributed by atoms with Gasteiger partial charge in [0.05, 0.1) is 53.9 Å². The Morgan fingerprint density at radius 2 is 0.773 bits per heavy atom. The summed E-state index contributed by atoms with van der Waals surface area (Å²) >= 11 is 0. The van der Waals surface area contributed by atoms with Crippen LogP contribution in [0, 0.1) is 41.5 Å². The van der Waals surface area contributed by atoms with Crippen molar-refractivity contribution in [2.45, 2.75) is 41.5 Å². The van der Waals surface area contributed by atoms with Gasteiger partial charge >= 0.3 is 11.9 Å². The minimum absolute atomic E-state index is 0.0675. The summed E-state index contributed by atoms with van der Waals surface area (Å²) in [6.45, 7) is 8.89. The number of Topliss-reactive ketones (excluding diaryl/α,β-unsaturated/α-hetero) is 1. The van der Waals surface area contributed by atoms with Crippen LogP contribution in [-0.4, -0.2) is 117 Å². The number of aryl methyl sites for hydroxylation is 9. The maximum absolute atomic E-state index is 12.6. The third-order valence-electron chi connectivity index (χ3n) is 9.87. The van der Waals surface area contributed by atoms with Gasteiger partial charge in [-0.05, 0) is 41.5 Å². The molecule has 7 rings (SSSR count). The first-order valence-corrected chi connectivity index (χ1v) is 19.3. The number of methoxy groups -OCH3 is 2. The summed E-state index contributed by atoms with van der Waals surface area (Å²) in [5, 5.41) is 61.7. The van der Waals surface area contributed by atoms with Gasteiger partial charge in [-0.15, -0.1) is 30.7 Å². The topological polar surface area (TPSA) is 388 Å². The van der Waals surface area contributed by atoms with Crippen molar-refractivity contribution in [1.82, 2.24) is 73.6 Å². The molecule has 0 saturated carbocycles. The number of rotatable bonds is 13. The molecule has 7 aromatic rings. The van der Waals surface area contributed by atoms with Crippen LogP contribution in [0.4, 0.5) is 52.0 Å². The van der Waals surface area contributed by atoms with E-state index < -0.39 is 24.3 Å². The Hall–Kier alpha value is -8.96. The van der Waals surface area contributed by atoms with Crippen molar-refractivity contribution in [2.75, 3.05) is 38.0 Å². The highest BCUT2D eigenvalue weighted by Crippen LogP contribution is 2.36. The highest BCUT2D eigenvalue weighted by molar-refractivity contribution is 6.01. The molecule has 0 atom stereocenters. The van der Waals surface area contributed by atoms with E-state index in [9.17, 15) is 19.5 Å². The van der Waals surface area contributed by atoms with Crippen molar-refractivity contribution in [1.29, 1.82) is 0 Å². The summed E-state index contributed by atoms with van der Waals surface area (Å²) in [6.07, 6.45) is 0. The standard InChI is InChI=1S/C36H42N24O6/c1-13-20(19(62)12-61)29(55(7)49-13)46-43-23-16(4)52-58(26(23)37)34-40-35(59-27(38)24(17(5)53-59)44-47-30-21(32(63)65-10)14(2)50-56(30)8)42-36(41-34)60-28(39)25(18(6)54-60)45-48-31-22(33(64)66-11)15(3)51-57(31)9/h61H,12,37-39H2,1-11H3/b46-43+,47-44+,48-45+. The fraction of sp³-hybridized carbons (Fsp3) is 0.333. The van der Waals surface area contributed by atoms with Crippen LogP contribution in [0.3, 0.4) is 0 Å². The predicted octanol–water partition coefficient (Wildman–Crippen LogP) is 3.22. The summed E-state index contributed by atoms with van der Waals surface area (Å²) in [5.41, 5.74) is 22.4. The van der Waals surface area contributed by atoms with Gasteiger partial charge in [-0.3, -0.25) is 4.79 Å². The molecule has 0 bridgehead atoms. The van der Waals surface area contributed by atoms with Crippen LogP contribution in [0.15, 0.2) is 30.7 Å². The maximum Gasteiger partial charge on any atom is 0.343 e. The summed E-state index contributed by atoms with van der Waals surface area (Å²) in [6, 6.07) is 0. The lowest BCUT2D eigenvalue weighted by Crippen LogP contribution is -2.17. The van der Waals surface area contributed by atoms with E-state index in [0.29, 0.717) is 17.1 Å². The monoisotopic (exact) mass is 906 g/mol. The lowest BCUT2D eigenvalue weighted by atomic mass is 10.1. The van der Waals surface area contributed by atoms with E-state index in [1.165, 1.54) is 28.3 Å². The zero-order valence-electron chi connectivity index (χ0n) is 37.3. The number of carbonyl (C=O) groups excluding carboxylic acids is 3. The number of aliphatic hydroxyl groups excluding tert-OH is 1. The molecule has 0 fully saturated rings. The molecule has 342 valence electrons. The Morgan fingerprint density at radius 3 is 1.06 bits per heavy atom. The van der Waals surface area contributed by atoms with E-state index in [1.807, 2.05) is 0 Å². The zero-order chi connectivity index (χ0) is 48.0. The molecule has 0 saturated heterocycles. The Morgan fingerprint density at radius 1 is 0.485 bits per heavy atom. The van der Waals surface area contributed by atoms with Gasteiger partial charge in [0.25, 0.3) is 17.8 Å². The Labute approximate surface area is 371 Å². The third kappa shape index (κ3) is 7.75. The molecule has 30 heteroatoms. The van der Waals surface area contributed by atoms with Crippen molar-refractivity contribution in [2.24, 2.45) is 51.8 Å². The van der Waals surface area contributed by atoms with Gasteiger partial charge in [0, 0.05) is 21.1 Å². The molecule has 66 heavy (non-hydrogen) atoms. The minimum atomic E-state index is -0.770. The van der Waals surface area contributed by atoms with Crippen LogP contribution < -0.4 is 17.2 Å². The van der Waals surface area contributed by atoms with Crippen LogP contribution in [0.5, 0.6) is 0 Å². The van der Waals surface area contributed by atoms with E-state index >= 15 is 0 Å². The van der Waals surface area contributed by atoms with Crippen LogP contribution in [-0.2, 0) is 30.6 Å². The van der Waals surface area contributed by atoms with Gasteiger partial charge in [0.2, 0.25) is 0 Å².